The van der Waals surface area contributed by atoms with Gasteiger partial charge in [0, 0.05) is 0 Å². The summed E-state index contributed by atoms with van der Waals surface area (Å²) >= 11 is 0. The topological polar surface area (TPSA) is 43.4 Å². The second-order valence-electron chi connectivity index (χ2n) is 6.59. The molecule has 4 rings (SSSR count). The predicted octanol–water partition coefficient (Wildman–Crippen LogP) is 6.15. The fraction of sp³-hybridized carbons (Fsp3) is 0.0435. The first-order chi connectivity index (χ1) is 13.8. The average molecular weight is 410 g/mol. The van der Waals surface area contributed by atoms with Gasteiger partial charge in [0.2, 0.25) is 0 Å². The molecule has 0 radical (unpaired) electrons. The van der Waals surface area contributed by atoms with Crippen LogP contribution in [0.5, 0.6) is 5.75 Å². The van der Waals surface area contributed by atoms with E-state index in [4.69, 9.17) is 0 Å². The summed E-state index contributed by atoms with van der Waals surface area (Å²) in [4.78, 5) is 0. The van der Waals surface area contributed by atoms with Crippen LogP contribution in [-0.4, -0.2) is 13.7 Å². The molecule has 29 heavy (non-hydrogen) atoms. The van der Waals surface area contributed by atoms with E-state index in [-0.39, 0.29) is 11.8 Å². The van der Waals surface area contributed by atoms with Crippen molar-refractivity contribution in [3.05, 3.63) is 91.5 Å². The lowest BCUT2D eigenvalue weighted by molar-refractivity contribution is 0.136. The second-order valence-corrected chi connectivity index (χ2v) is 8.21. The van der Waals surface area contributed by atoms with Crippen molar-refractivity contribution >= 4 is 31.7 Å². The molecule has 0 aliphatic carbocycles. The molecule has 4 aromatic rings. The van der Waals surface area contributed by atoms with Crippen LogP contribution < -0.4 is 4.18 Å². The second kappa shape index (κ2) is 6.97. The van der Waals surface area contributed by atoms with Crippen LogP contribution in [0.15, 0.2) is 91.5 Å². The van der Waals surface area contributed by atoms with E-state index in [1.807, 2.05) is 42.5 Å². The van der Waals surface area contributed by atoms with Gasteiger partial charge in [-0.15, -0.1) is 0 Å². The first-order valence-electron chi connectivity index (χ1n) is 8.77. The lowest BCUT2D eigenvalue weighted by Gasteiger charge is -2.13. The van der Waals surface area contributed by atoms with Crippen LogP contribution in [0.4, 0.5) is 8.78 Å². The van der Waals surface area contributed by atoms with Gasteiger partial charge in [-0.3, -0.25) is 0 Å². The Morgan fingerprint density at radius 1 is 0.759 bits per heavy atom. The van der Waals surface area contributed by atoms with Crippen molar-refractivity contribution < 1.29 is 21.4 Å². The summed E-state index contributed by atoms with van der Waals surface area (Å²) in [5.41, 5.74) is 2.03. The maximum Gasteiger partial charge on any atom is 0.398 e. The molecule has 0 saturated heterocycles. The Morgan fingerprint density at radius 3 is 1.93 bits per heavy atom. The first kappa shape index (κ1) is 19.1. The molecule has 6 heteroatoms. The van der Waals surface area contributed by atoms with Gasteiger partial charge in [-0.05, 0) is 63.0 Å². The highest BCUT2D eigenvalue weighted by molar-refractivity contribution is 7.88. The molecule has 0 aromatic heterocycles. The van der Waals surface area contributed by atoms with Crippen molar-refractivity contribution in [1.29, 1.82) is 0 Å². The van der Waals surface area contributed by atoms with E-state index in [2.05, 4.69) is 22.9 Å². The van der Waals surface area contributed by atoms with Crippen LogP contribution in [0.3, 0.4) is 0 Å². The number of fused-ring (bicyclic) bond motifs is 2. The molecule has 0 aliphatic heterocycles. The van der Waals surface area contributed by atoms with Gasteiger partial charge >= 0.3 is 15.4 Å². The molecule has 146 valence electrons. The normalized spacial score (nSPS) is 12.2. The Bertz CT molecular complexity index is 1340. The summed E-state index contributed by atoms with van der Waals surface area (Å²) in [5.74, 6) is -0.183. The zero-order chi connectivity index (χ0) is 20.6. The molecule has 0 spiro atoms. The van der Waals surface area contributed by atoms with Crippen molar-refractivity contribution in [1.82, 2.24) is 0 Å². The number of rotatable bonds is 5. The SMILES string of the molecule is C=CC(F)(F)S(=O)(=O)Oc1ccc2cc(-c3ccc4ccccc4c3)ccc2c1. The molecule has 0 fully saturated rings. The highest BCUT2D eigenvalue weighted by Gasteiger charge is 2.44. The number of alkyl halides is 2. The quantitative estimate of drug-likeness (QED) is 0.293. The number of hydrogen-bond donors (Lipinski definition) is 0. The molecule has 0 N–H and O–H groups in total. The Labute approximate surface area is 167 Å². The maximum atomic E-state index is 13.5. The van der Waals surface area contributed by atoms with E-state index < -0.39 is 15.4 Å². The molecule has 0 atom stereocenters. The zero-order valence-electron chi connectivity index (χ0n) is 15.2. The Balaban J connectivity index is 1.69. The van der Waals surface area contributed by atoms with Crippen molar-refractivity contribution in [2.75, 3.05) is 0 Å². The van der Waals surface area contributed by atoms with Crippen molar-refractivity contribution in [2.24, 2.45) is 0 Å². The molecule has 0 unspecified atom stereocenters. The van der Waals surface area contributed by atoms with Crippen molar-refractivity contribution in [3.63, 3.8) is 0 Å². The molecule has 3 nitrogen and oxygen atoms in total. The van der Waals surface area contributed by atoms with E-state index in [1.165, 1.54) is 12.1 Å². The molecule has 0 amide bonds. The largest absolute Gasteiger partial charge is 0.398 e. The summed E-state index contributed by atoms with van der Waals surface area (Å²) in [6.07, 6.45) is 0.0409. The predicted molar refractivity (Wildman–Crippen MR) is 112 cm³/mol. The van der Waals surface area contributed by atoms with Gasteiger partial charge in [0.15, 0.2) is 0 Å². The lowest BCUT2D eigenvalue weighted by atomic mass is 9.98. The third-order valence-electron chi connectivity index (χ3n) is 4.67. The van der Waals surface area contributed by atoms with Gasteiger partial charge in [-0.2, -0.15) is 17.2 Å². The standard InChI is InChI=1S/C23H16F2O3S/c1-2-23(24,25)29(26,27)28-22-12-11-20-14-19(9-10-21(20)15-22)18-8-7-16-5-3-4-6-17(16)13-18/h2-15H,1H2. The summed E-state index contributed by atoms with van der Waals surface area (Å²) in [6.45, 7) is 2.84. The van der Waals surface area contributed by atoms with Crippen molar-refractivity contribution in [3.8, 4) is 16.9 Å². The highest BCUT2D eigenvalue weighted by Crippen LogP contribution is 2.31. The molecule has 0 heterocycles. The van der Waals surface area contributed by atoms with Crippen LogP contribution >= 0.6 is 0 Å². The van der Waals surface area contributed by atoms with Crippen LogP contribution in [0.25, 0.3) is 32.7 Å². The summed E-state index contributed by atoms with van der Waals surface area (Å²) < 4.78 is 54.9. The number of benzene rings is 4. The van der Waals surface area contributed by atoms with Gasteiger partial charge in [0.05, 0.1) is 0 Å². The van der Waals surface area contributed by atoms with E-state index in [1.54, 1.807) is 12.1 Å². The minimum absolute atomic E-state index is 0.0409. The summed E-state index contributed by atoms with van der Waals surface area (Å²) in [6, 6.07) is 24.3. The van der Waals surface area contributed by atoms with Crippen LogP contribution in [0, 0.1) is 0 Å². The minimum atomic E-state index is -5.15. The van der Waals surface area contributed by atoms with E-state index >= 15 is 0 Å². The summed E-state index contributed by atoms with van der Waals surface area (Å²) in [7, 11) is -5.15. The van der Waals surface area contributed by atoms with Crippen LogP contribution in [0.1, 0.15) is 0 Å². The third-order valence-corrected chi connectivity index (χ3v) is 5.92. The Kier molecular flexibility index (Phi) is 4.59. The van der Waals surface area contributed by atoms with E-state index in [0.717, 1.165) is 27.3 Å². The van der Waals surface area contributed by atoms with Gasteiger partial charge in [0.25, 0.3) is 0 Å². The first-order valence-corrected chi connectivity index (χ1v) is 10.2. The zero-order valence-corrected chi connectivity index (χ0v) is 16.0. The molecular formula is C23H16F2O3S. The van der Waals surface area contributed by atoms with E-state index in [0.29, 0.717) is 5.39 Å². The fourth-order valence-electron chi connectivity index (χ4n) is 3.11. The van der Waals surface area contributed by atoms with Gasteiger partial charge in [-0.25, -0.2) is 0 Å². The fourth-order valence-corrected chi connectivity index (χ4v) is 3.78. The van der Waals surface area contributed by atoms with Crippen LogP contribution in [-0.2, 0) is 10.1 Å². The molecular weight excluding hydrogens is 394 g/mol. The Morgan fingerprint density at radius 2 is 1.28 bits per heavy atom. The minimum Gasteiger partial charge on any atom is -0.378 e. The molecule has 0 bridgehead atoms. The maximum absolute atomic E-state index is 13.5. The molecule has 4 aromatic carbocycles. The number of hydrogen-bond acceptors (Lipinski definition) is 3. The smallest absolute Gasteiger partial charge is 0.378 e. The highest BCUT2D eigenvalue weighted by atomic mass is 32.2. The monoisotopic (exact) mass is 410 g/mol. The molecule has 0 saturated carbocycles. The van der Waals surface area contributed by atoms with Crippen molar-refractivity contribution in [2.45, 2.75) is 5.25 Å². The average Bonchev–Trinajstić information content (AvgIpc) is 2.72. The summed E-state index contributed by atoms with van der Waals surface area (Å²) in [5, 5.41) is -0.388. The third kappa shape index (κ3) is 3.59. The lowest BCUT2D eigenvalue weighted by Crippen LogP contribution is -2.30. The van der Waals surface area contributed by atoms with Crippen LogP contribution in [0.2, 0.25) is 0 Å². The Hall–Kier alpha value is -3.25. The van der Waals surface area contributed by atoms with Gasteiger partial charge < -0.3 is 4.18 Å². The molecule has 0 aliphatic rings. The van der Waals surface area contributed by atoms with Gasteiger partial charge in [-0.1, -0.05) is 61.2 Å². The van der Waals surface area contributed by atoms with E-state index in [9.17, 15) is 17.2 Å². The number of halogens is 2. The van der Waals surface area contributed by atoms with Gasteiger partial charge in [0.1, 0.15) is 5.75 Å².